The summed E-state index contributed by atoms with van der Waals surface area (Å²) in [7, 11) is 3.23. The molecule has 0 aliphatic carbocycles. The minimum absolute atomic E-state index is 0.0533. The minimum Gasteiger partial charge on any atom is -0.350 e. The highest BCUT2D eigenvalue weighted by atomic mass is 35.5. The zero-order valence-electron chi connectivity index (χ0n) is 12.8. The molecule has 1 aromatic carbocycles. The average Bonchev–Trinajstić information content (AvgIpc) is 2.93. The molecular weight excluding hydrogens is 320 g/mol. The molecule has 0 aliphatic rings. The maximum Gasteiger partial charge on any atom is 0.322 e. The van der Waals surface area contributed by atoms with Crippen LogP contribution in [0.15, 0.2) is 30.5 Å². The van der Waals surface area contributed by atoms with Crippen LogP contribution in [0, 0.1) is 0 Å². The van der Waals surface area contributed by atoms with E-state index in [1.807, 2.05) is 18.2 Å². The van der Waals surface area contributed by atoms with E-state index in [2.05, 4.69) is 20.8 Å². The van der Waals surface area contributed by atoms with E-state index in [-0.39, 0.29) is 24.3 Å². The van der Waals surface area contributed by atoms with Crippen LogP contribution in [0.4, 0.5) is 10.6 Å². The summed E-state index contributed by atoms with van der Waals surface area (Å²) in [5, 5.41) is 13.8. The second kappa shape index (κ2) is 7.59. The number of carbonyl (C=O) groups is 2. The largest absolute Gasteiger partial charge is 0.350 e. The Hall–Kier alpha value is -2.61. The molecule has 0 spiro atoms. The van der Waals surface area contributed by atoms with Gasteiger partial charge in [-0.15, -0.1) is 5.10 Å². The van der Waals surface area contributed by atoms with Crippen molar-refractivity contribution in [1.82, 2.24) is 25.2 Å². The molecule has 0 saturated carbocycles. The van der Waals surface area contributed by atoms with Crippen LogP contribution >= 0.6 is 11.6 Å². The fourth-order valence-electron chi connectivity index (χ4n) is 1.67. The molecule has 0 atom stereocenters. The minimum atomic E-state index is -0.319. The normalized spacial score (nSPS) is 10.2. The Morgan fingerprint density at radius 2 is 2.04 bits per heavy atom. The molecule has 0 radical (unpaired) electrons. The number of urea groups is 1. The van der Waals surface area contributed by atoms with Gasteiger partial charge in [0.05, 0.1) is 6.20 Å². The third-order valence-electron chi connectivity index (χ3n) is 2.90. The lowest BCUT2D eigenvalue weighted by Gasteiger charge is -2.09. The van der Waals surface area contributed by atoms with Crippen molar-refractivity contribution in [1.29, 1.82) is 0 Å². The third kappa shape index (κ3) is 4.96. The van der Waals surface area contributed by atoms with Crippen LogP contribution in [0.3, 0.4) is 0 Å². The first-order valence-electron chi connectivity index (χ1n) is 6.84. The van der Waals surface area contributed by atoms with Crippen molar-refractivity contribution in [2.75, 3.05) is 19.4 Å². The predicted molar refractivity (Wildman–Crippen MR) is 86.0 cm³/mol. The second-order valence-electron chi connectivity index (χ2n) is 4.95. The molecule has 0 fully saturated rings. The van der Waals surface area contributed by atoms with Gasteiger partial charge in [0.1, 0.15) is 6.54 Å². The molecule has 2 N–H and O–H groups in total. The predicted octanol–water partition coefficient (Wildman–Crippen LogP) is 1.34. The number of nitrogens with zero attached hydrogens (tertiary/aromatic N) is 4. The second-order valence-corrected chi connectivity index (χ2v) is 5.36. The number of nitrogens with one attached hydrogen (secondary N) is 2. The van der Waals surface area contributed by atoms with Crippen molar-refractivity contribution in [3.05, 3.63) is 41.0 Å². The van der Waals surface area contributed by atoms with E-state index < -0.39 is 0 Å². The molecule has 8 nitrogen and oxygen atoms in total. The van der Waals surface area contributed by atoms with Crippen molar-refractivity contribution in [3.63, 3.8) is 0 Å². The van der Waals surface area contributed by atoms with Crippen LogP contribution in [0.5, 0.6) is 0 Å². The molecule has 2 aromatic rings. The van der Waals surface area contributed by atoms with Crippen LogP contribution < -0.4 is 10.6 Å². The first-order chi connectivity index (χ1) is 11.0. The molecule has 3 amide bonds. The monoisotopic (exact) mass is 336 g/mol. The number of carbonyl (C=O) groups excluding carboxylic acids is 2. The molecular formula is C14H17ClN6O2. The van der Waals surface area contributed by atoms with Crippen molar-refractivity contribution in [3.8, 4) is 0 Å². The Morgan fingerprint density at radius 3 is 2.74 bits per heavy atom. The SMILES string of the molecule is CN(C)C(=O)Nc1cnn(CC(=O)NCc2ccccc2Cl)n1. The molecule has 0 unspecified atom stereocenters. The van der Waals surface area contributed by atoms with Crippen LogP contribution in [-0.4, -0.2) is 45.9 Å². The molecule has 0 saturated heterocycles. The van der Waals surface area contributed by atoms with E-state index in [9.17, 15) is 9.59 Å². The highest BCUT2D eigenvalue weighted by Crippen LogP contribution is 2.14. The zero-order chi connectivity index (χ0) is 16.8. The molecule has 1 heterocycles. The summed E-state index contributed by atoms with van der Waals surface area (Å²) >= 11 is 6.02. The van der Waals surface area contributed by atoms with Gasteiger partial charge in [0.15, 0.2) is 5.82 Å². The number of hydrogen-bond acceptors (Lipinski definition) is 4. The number of aromatic nitrogens is 3. The van der Waals surface area contributed by atoms with Gasteiger partial charge in [-0.2, -0.15) is 9.90 Å². The van der Waals surface area contributed by atoms with E-state index in [0.717, 1.165) is 5.56 Å². The van der Waals surface area contributed by atoms with Gasteiger partial charge in [-0.1, -0.05) is 29.8 Å². The van der Waals surface area contributed by atoms with Crippen molar-refractivity contribution >= 4 is 29.4 Å². The lowest BCUT2D eigenvalue weighted by molar-refractivity contribution is -0.122. The molecule has 0 bridgehead atoms. The fourth-order valence-corrected chi connectivity index (χ4v) is 1.87. The van der Waals surface area contributed by atoms with Crippen LogP contribution in [0.1, 0.15) is 5.56 Å². The Morgan fingerprint density at radius 1 is 1.30 bits per heavy atom. The van der Waals surface area contributed by atoms with Gasteiger partial charge < -0.3 is 10.2 Å². The maximum absolute atomic E-state index is 11.9. The van der Waals surface area contributed by atoms with E-state index in [1.165, 1.54) is 15.9 Å². The number of amides is 3. The summed E-state index contributed by atoms with van der Waals surface area (Å²) in [6, 6.07) is 6.95. The van der Waals surface area contributed by atoms with E-state index in [4.69, 9.17) is 11.6 Å². The summed E-state index contributed by atoms with van der Waals surface area (Å²) in [6.07, 6.45) is 1.38. The summed E-state index contributed by atoms with van der Waals surface area (Å²) < 4.78 is 0. The van der Waals surface area contributed by atoms with Crippen LogP contribution in [0.25, 0.3) is 0 Å². The fraction of sp³-hybridized carbons (Fsp3) is 0.286. The van der Waals surface area contributed by atoms with Gasteiger partial charge >= 0.3 is 6.03 Å². The number of halogens is 1. The van der Waals surface area contributed by atoms with Gasteiger partial charge in [0.25, 0.3) is 0 Å². The van der Waals surface area contributed by atoms with Crippen molar-refractivity contribution in [2.45, 2.75) is 13.1 Å². The summed E-state index contributed by atoms with van der Waals surface area (Å²) in [6.45, 7) is 0.270. The van der Waals surface area contributed by atoms with Gasteiger partial charge in [-0.3, -0.25) is 10.1 Å². The lowest BCUT2D eigenvalue weighted by atomic mass is 10.2. The Labute approximate surface area is 138 Å². The van der Waals surface area contributed by atoms with Crippen LogP contribution in [0.2, 0.25) is 5.02 Å². The molecule has 1 aromatic heterocycles. The van der Waals surface area contributed by atoms with Gasteiger partial charge in [0, 0.05) is 25.7 Å². The standard InChI is InChI=1S/C14H17ClN6O2/c1-20(2)14(23)18-12-8-17-21(19-12)9-13(22)16-7-10-5-3-4-6-11(10)15/h3-6,8H,7,9H2,1-2H3,(H,16,22)(H,18,19,23). The summed E-state index contributed by atoms with van der Waals surface area (Å²) in [5.74, 6) is 0.0219. The van der Waals surface area contributed by atoms with Gasteiger partial charge in [0.2, 0.25) is 5.91 Å². The first kappa shape index (κ1) is 16.8. The molecule has 23 heavy (non-hydrogen) atoms. The Kier molecular flexibility index (Phi) is 5.53. The van der Waals surface area contributed by atoms with E-state index in [1.54, 1.807) is 20.2 Å². The maximum atomic E-state index is 11.9. The zero-order valence-corrected chi connectivity index (χ0v) is 13.5. The van der Waals surface area contributed by atoms with Crippen molar-refractivity contribution < 1.29 is 9.59 Å². The molecule has 2 rings (SSSR count). The number of anilines is 1. The molecule has 122 valence electrons. The number of benzene rings is 1. The Bertz CT molecular complexity index is 700. The summed E-state index contributed by atoms with van der Waals surface area (Å²) in [4.78, 5) is 25.9. The smallest absolute Gasteiger partial charge is 0.322 e. The lowest BCUT2D eigenvalue weighted by Crippen LogP contribution is -2.29. The van der Waals surface area contributed by atoms with E-state index in [0.29, 0.717) is 11.6 Å². The third-order valence-corrected chi connectivity index (χ3v) is 3.27. The van der Waals surface area contributed by atoms with Gasteiger partial charge in [-0.05, 0) is 11.6 Å². The average molecular weight is 337 g/mol. The van der Waals surface area contributed by atoms with Gasteiger partial charge in [-0.25, -0.2) is 4.79 Å². The summed E-state index contributed by atoms with van der Waals surface area (Å²) in [5.41, 5.74) is 0.829. The highest BCUT2D eigenvalue weighted by molar-refractivity contribution is 6.31. The molecule has 0 aliphatic heterocycles. The van der Waals surface area contributed by atoms with Crippen molar-refractivity contribution in [2.24, 2.45) is 0 Å². The first-order valence-corrected chi connectivity index (χ1v) is 7.22. The Balaban J connectivity index is 1.85. The number of rotatable bonds is 5. The number of hydrogen-bond donors (Lipinski definition) is 2. The topological polar surface area (TPSA) is 92.2 Å². The quantitative estimate of drug-likeness (QED) is 0.861. The molecule has 9 heteroatoms. The highest BCUT2D eigenvalue weighted by Gasteiger charge is 2.10. The van der Waals surface area contributed by atoms with Crippen LogP contribution in [-0.2, 0) is 17.9 Å². The van der Waals surface area contributed by atoms with E-state index >= 15 is 0 Å².